The van der Waals surface area contributed by atoms with Gasteiger partial charge in [-0.1, -0.05) is 30.3 Å². The first-order valence-corrected chi connectivity index (χ1v) is 12.8. The van der Waals surface area contributed by atoms with E-state index in [1.54, 1.807) is 6.33 Å². The van der Waals surface area contributed by atoms with Gasteiger partial charge in [0.25, 0.3) is 0 Å². The molecule has 0 spiro atoms. The zero-order valence-electron chi connectivity index (χ0n) is 21.2. The standard InChI is InChI=1S/C27H29N9O2/c1-34-21-11-6-5-10-20(21)30-27(34)33-26-31-24(28-13-17-38-19-8-3-2-4-9-19)23-25(32-26)36(18-29-23)16-15-35-14-7-12-22(35)37/h2-6,8-11,18H,7,12-17H2,1H3,(H2,28,30,31,32,33). The van der Waals surface area contributed by atoms with Crippen LogP contribution in [0.5, 0.6) is 5.75 Å². The van der Waals surface area contributed by atoms with Crippen LogP contribution in [0, 0.1) is 0 Å². The molecule has 3 aromatic heterocycles. The fourth-order valence-corrected chi connectivity index (χ4v) is 4.67. The number of aromatic nitrogens is 6. The molecular weight excluding hydrogens is 482 g/mol. The molecule has 0 aliphatic carbocycles. The molecule has 38 heavy (non-hydrogen) atoms. The van der Waals surface area contributed by atoms with Gasteiger partial charge in [-0.3, -0.25) is 10.1 Å². The first-order chi connectivity index (χ1) is 18.7. The summed E-state index contributed by atoms with van der Waals surface area (Å²) in [5, 5.41) is 6.64. The lowest BCUT2D eigenvalue weighted by Crippen LogP contribution is -2.28. The monoisotopic (exact) mass is 511 g/mol. The molecule has 1 aliphatic heterocycles. The molecule has 0 unspecified atom stereocenters. The van der Waals surface area contributed by atoms with E-state index >= 15 is 0 Å². The van der Waals surface area contributed by atoms with Gasteiger partial charge < -0.3 is 24.1 Å². The van der Waals surface area contributed by atoms with Crippen LogP contribution in [0.2, 0.25) is 0 Å². The number of carbonyl (C=O) groups excluding carboxylic acids is 1. The van der Waals surface area contributed by atoms with E-state index in [2.05, 4.69) is 15.6 Å². The summed E-state index contributed by atoms with van der Waals surface area (Å²) < 4.78 is 9.77. The molecule has 1 fully saturated rings. The smallest absolute Gasteiger partial charge is 0.233 e. The molecule has 0 radical (unpaired) electrons. The summed E-state index contributed by atoms with van der Waals surface area (Å²) in [4.78, 5) is 32.8. The molecule has 5 aromatic rings. The first-order valence-electron chi connectivity index (χ1n) is 12.8. The number of benzene rings is 2. The number of amides is 1. The zero-order valence-corrected chi connectivity index (χ0v) is 21.2. The van der Waals surface area contributed by atoms with Crippen LogP contribution in [0.25, 0.3) is 22.2 Å². The Morgan fingerprint density at radius 1 is 1.00 bits per heavy atom. The first kappa shape index (κ1) is 23.7. The maximum Gasteiger partial charge on any atom is 0.233 e. The molecule has 11 nitrogen and oxygen atoms in total. The van der Waals surface area contributed by atoms with E-state index in [9.17, 15) is 4.79 Å². The lowest BCUT2D eigenvalue weighted by molar-refractivity contribution is -0.127. The van der Waals surface area contributed by atoms with Crippen molar-refractivity contribution in [1.29, 1.82) is 0 Å². The van der Waals surface area contributed by atoms with E-state index in [0.717, 1.165) is 29.7 Å². The van der Waals surface area contributed by atoms with Crippen molar-refractivity contribution in [2.45, 2.75) is 19.4 Å². The second kappa shape index (κ2) is 10.4. The maximum atomic E-state index is 12.1. The van der Waals surface area contributed by atoms with E-state index in [1.165, 1.54) is 0 Å². The topological polar surface area (TPSA) is 115 Å². The highest BCUT2D eigenvalue weighted by molar-refractivity contribution is 5.85. The van der Waals surface area contributed by atoms with Crippen molar-refractivity contribution in [3.05, 3.63) is 60.9 Å². The van der Waals surface area contributed by atoms with Gasteiger partial charge in [0.2, 0.25) is 17.8 Å². The Morgan fingerprint density at radius 3 is 2.66 bits per heavy atom. The van der Waals surface area contributed by atoms with Gasteiger partial charge in [-0.2, -0.15) is 9.97 Å². The predicted octanol–water partition coefficient (Wildman–Crippen LogP) is 3.57. The highest BCUT2D eigenvalue weighted by atomic mass is 16.5. The third-order valence-electron chi connectivity index (χ3n) is 6.66. The van der Waals surface area contributed by atoms with Crippen molar-refractivity contribution in [2.24, 2.45) is 7.05 Å². The Balaban J connectivity index is 1.26. The van der Waals surface area contributed by atoms with Crippen LogP contribution in [0.4, 0.5) is 17.7 Å². The van der Waals surface area contributed by atoms with Crippen molar-refractivity contribution in [1.82, 2.24) is 34.0 Å². The van der Waals surface area contributed by atoms with Gasteiger partial charge in [-0.15, -0.1) is 0 Å². The van der Waals surface area contributed by atoms with Crippen LogP contribution >= 0.6 is 0 Å². The van der Waals surface area contributed by atoms with E-state index < -0.39 is 0 Å². The van der Waals surface area contributed by atoms with Gasteiger partial charge in [0.05, 0.1) is 23.9 Å². The normalized spacial score (nSPS) is 13.5. The van der Waals surface area contributed by atoms with Crippen molar-refractivity contribution in [2.75, 3.05) is 36.9 Å². The average molecular weight is 512 g/mol. The van der Waals surface area contributed by atoms with Crippen LogP contribution in [-0.2, 0) is 18.4 Å². The minimum atomic E-state index is 0.203. The second-order valence-corrected chi connectivity index (χ2v) is 9.19. The number of hydrogen-bond acceptors (Lipinski definition) is 8. The van der Waals surface area contributed by atoms with Crippen molar-refractivity contribution in [3.63, 3.8) is 0 Å². The fourth-order valence-electron chi connectivity index (χ4n) is 4.67. The summed E-state index contributed by atoms with van der Waals surface area (Å²) in [6.45, 7) is 3.01. The molecule has 0 bridgehead atoms. The third kappa shape index (κ3) is 4.82. The number of aryl methyl sites for hydroxylation is 1. The van der Waals surface area contributed by atoms with Crippen molar-refractivity contribution >= 4 is 45.8 Å². The zero-order chi connectivity index (χ0) is 25.9. The number of rotatable bonds is 10. The maximum absolute atomic E-state index is 12.1. The summed E-state index contributed by atoms with van der Waals surface area (Å²) in [5.74, 6) is 2.66. The number of ether oxygens (including phenoxy) is 1. The molecule has 194 valence electrons. The number of fused-ring (bicyclic) bond motifs is 2. The molecule has 0 atom stereocenters. The van der Waals surface area contributed by atoms with Gasteiger partial charge in [0.15, 0.2) is 17.0 Å². The highest BCUT2D eigenvalue weighted by Gasteiger charge is 2.21. The molecular formula is C27H29N9O2. The molecule has 1 saturated heterocycles. The Bertz CT molecular complexity index is 1580. The summed E-state index contributed by atoms with van der Waals surface area (Å²) >= 11 is 0. The minimum absolute atomic E-state index is 0.203. The van der Waals surface area contributed by atoms with Crippen LogP contribution in [0.3, 0.4) is 0 Å². The Morgan fingerprint density at radius 2 is 1.84 bits per heavy atom. The van der Waals surface area contributed by atoms with Gasteiger partial charge in [0.1, 0.15) is 12.4 Å². The molecule has 2 N–H and O–H groups in total. The van der Waals surface area contributed by atoms with Crippen LogP contribution in [0.15, 0.2) is 60.9 Å². The van der Waals surface area contributed by atoms with Crippen molar-refractivity contribution < 1.29 is 9.53 Å². The number of imidazole rings is 2. The Kier molecular flexibility index (Phi) is 6.47. The second-order valence-electron chi connectivity index (χ2n) is 9.19. The number of nitrogens with one attached hydrogen (secondary N) is 2. The molecule has 4 heterocycles. The third-order valence-corrected chi connectivity index (χ3v) is 6.66. The molecule has 11 heteroatoms. The molecule has 0 saturated carbocycles. The molecule has 6 rings (SSSR count). The van der Waals surface area contributed by atoms with E-state index in [1.807, 2.05) is 75.7 Å². The van der Waals surface area contributed by atoms with Crippen LogP contribution < -0.4 is 15.4 Å². The van der Waals surface area contributed by atoms with Gasteiger partial charge in [-0.05, 0) is 30.7 Å². The van der Waals surface area contributed by atoms with Crippen LogP contribution in [-0.4, -0.2) is 66.1 Å². The number of hydrogen-bond donors (Lipinski definition) is 2. The summed E-state index contributed by atoms with van der Waals surface area (Å²) in [5.41, 5.74) is 3.23. The SMILES string of the molecule is Cn1c(Nc2nc(NCCOc3ccccc3)c3ncn(CCN4CCCC4=O)c3n2)nc2ccccc21. The highest BCUT2D eigenvalue weighted by Crippen LogP contribution is 2.25. The molecule has 2 aromatic carbocycles. The number of nitrogens with zero attached hydrogens (tertiary/aromatic N) is 7. The lowest BCUT2D eigenvalue weighted by Gasteiger charge is -2.16. The van der Waals surface area contributed by atoms with Crippen molar-refractivity contribution in [3.8, 4) is 5.75 Å². The van der Waals surface area contributed by atoms with Gasteiger partial charge in [0, 0.05) is 33.1 Å². The largest absolute Gasteiger partial charge is 0.492 e. The number of carbonyl (C=O) groups is 1. The van der Waals surface area contributed by atoms with Gasteiger partial charge >= 0.3 is 0 Å². The summed E-state index contributed by atoms with van der Waals surface area (Å²) in [6, 6.07) is 17.6. The Hall–Kier alpha value is -4.67. The number of para-hydroxylation sites is 3. The number of likely N-dealkylation sites (tertiary alicyclic amines) is 1. The molecule has 1 aliphatic rings. The quantitative estimate of drug-likeness (QED) is 0.274. The Labute approximate surface area is 219 Å². The minimum Gasteiger partial charge on any atom is -0.492 e. The average Bonchev–Trinajstić information content (AvgIpc) is 3.63. The van der Waals surface area contributed by atoms with Gasteiger partial charge in [-0.25, -0.2) is 9.97 Å². The summed E-state index contributed by atoms with van der Waals surface area (Å²) in [7, 11) is 1.95. The predicted molar refractivity (Wildman–Crippen MR) is 146 cm³/mol. The van der Waals surface area contributed by atoms with E-state index in [4.69, 9.17) is 19.7 Å². The number of anilines is 3. The van der Waals surface area contributed by atoms with E-state index in [0.29, 0.717) is 61.5 Å². The lowest BCUT2D eigenvalue weighted by atomic mass is 10.3. The summed E-state index contributed by atoms with van der Waals surface area (Å²) in [6.07, 6.45) is 3.29. The van der Waals surface area contributed by atoms with Crippen LogP contribution in [0.1, 0.15) is 12.8 Å². The fraction of sp³-hybridized carbons (Fsp3) is 0.296. The van der Waals surface area contributed by atoms with E-state index in [-0.39, 0.29) is 5.91 Å². The molecule has 1 amide bonds.